The third kappa shape index (κ3) is 5.53. The molecule has 13 nitrogen and oxygen atoms in total. The van der Waals surface area contributed by atoms with Gasteiger partial charge in [0.15, 0.2) is 5.76 Å². The lowest BCUT2D eigenvalue weighted by molar-refractivity contribution is -0.402. The Morgan fingerprint density at radius 3 is 2.50 bits per heavy atom. The van der Waals surface area contributed by atoms with E-state index in [0.717, 1.165) is 36.9 Å². The first-order valence-corrected chi connectivity index (χ1v) is 14.1. The van der Waals surface area contributed by atoms with Gasteiger partial charge < -0.3 is 20.0 Å². The van der Waals surface area contributed by atoms with Crippen LogP contribution in [0.2, 0.25) is 0 Å². The van der Waals surface area contributed by atoms with Crippen LogP contribution in [0.25, 0.3) is 27.9 Å². The van der Waals surface area contributed by atoms with Gasteiger partial charge in [-0.1, -0.05) is 36.4 Å². The normalized spacial score (nSPS) is 12.2. The lowest BCUT2D eigenvalue weighted by Crippen LogP contribution is -2.35. The minimum absolute atomic E-state index is 0.219. The van der Waals surface area contributed by atoms with Crippen molar-refractivity contribution in [2.75, 3.05) is 20.6 Å². The Morgan fingerprint density at radius 2 is 1.79 bits per heavy atom. The third-order valence-corrected chi connectivity index (χ3v) is 8.28. The number of benzene rings is 2. The van der Waals surface area contributed by atoms with Crippen LogP contribution in [-0.4, -0.2) is 59.1 Å². The first-order chi connectivity index (χ1) is 20.1. The summed E-state index contributed by atoms with van der Waals surface area (Å²) in [6, 6.07) is 16.6. The van der Waals surface area contributed by atoms with Crippen molar-refractivity contribution < 1.29 is 27.3 Å². The number of hydrogen-bond acceptors (Lipinski definition) is 7. The van der Waals surface area contributed by atoms with Gasteiger partial charge in [-0.05, 0) is 36.3 Å². The molecule has 5 aromatic rings. The van der Waals surface area contributed by atoms with Gasteiger partial charge in [0.2, 0.25) is 0 Å². The molecular formula is C28H26N6O7S. The second-order valence-electron chi connectivity index (χ2n) is 9.46. The van der Waals surface area contributed by atoms with Crippen LogP contribution >= 0.6 is 0 Å². The summed E-state index contributed by atoms with van der Waals surface area (Å²) in [6.45, 7) is 0.219. The Hall–Kier alpha value is -5.21. The quantitative estimate of drug-likeness (QED) is 0.127. The molecular weight excluding hydrogens is 564 g/mol. The highest BCUT2D eigenvalue weighted by Gasteiger charge is 2.23. The van der Waals surface area contributed by atoms with Gasteiger partial charge >= 0.3 is 16.1 Å². The number of amides is 2. The van der Waals surface area contributed by atoms with E-state index in [1.165, 1.54) is 26.4 Å². The molecule has 0 aliphatic carbocycles. The topological polar surface area (TPSA) is 173 Å². The minimum atomic E-state index is -3.92. The predicted molar refractivity (Wildman–Crippen MR) is 156 cm³/mol. The van der Waals surface area contributed by atoms with Crippen LogP contribution in [0.1, 0.15) is 21.7 Å². The number of carbonyl (C=O) groups is 2. The third-order valence-electron chi connectivity index (χ3n) is 6.56. The number of para-hydroxylation sites is 2. The maximum absolute atomic E-state index is 13.4. The summed E-state index contributed by atoms with van der Waals surface area (Å²) in [5.74, 6) is -2.56. The number of aromatic nitrogens is 2. The fourth-order valence-electron chi connectivity index (χ4n) is 4.45. The van der Waals surface area contributed by atoms with E-state index in [9.17, 15) is 28.1 Å². The highest BCUT2D eigenvalue weighted by atomic mass is 32.2. The lowest BCUT2D eigenvalue weighted by Gasteiger charge is -2.13. The van der Waals surface area contributed by atoms with E-state index in [4.69, 9.17) is 4.42 Å². The van der Waals surface area contributed by atoms with E-state index in [1.54, 1.807) is 24.3 Å². The highest BCUT2D eigenvalue weighted by Crippen LogP contribution is 2.26. The molecule has 42 heavy (non-hydrogen) atoms. The molecule has 216 valence electrons. The molecule has 3 N–H and O–H groups in total. The molecule has 3 aromatic heterocycles. The molecule has 0 saturated heterocycles. The monoisotopic (exact) mass is 590 g/mol. The smallest absolute Gasteiger partial charge is 0.395 e. The molecule has 0 bridgehead atoms. The number of aromatic amines is 1. The van der Waals surface area contributed by atoms with Crippen molar-refractivity contribution in [1.29, 1.82) is 0 Å². The van der Waals surface area contributed by atoms with Crippen molar-refractivity contribution in [3.8, 4) is 0 Å². The first kappa shape index (κ1) is 28.3. The zero-order chi connectivity index (χ0) is 30.0. The Morgan fingerprint density at radius 1 is 1.07 bits per heavy atom. The summed E-state index contributed by atoms with van der Waals surface area (Å²) in [4.78, 5) is 39.7. The average Bonchev–Trinajstić information content (AvgIpc) is 3.71. The maximum atomic E-state index is 13.4. The van der Waals surface area contributed by atoms with E-state index in [-0.39, 0.29) is 18.0 Å². The van der Waals surface area contributed by atoms with Gasteiger partial charge in [-0.2, -0.15) is 12.7 Å². The van der Waals surface area contributed by atoms with Crippen LogP contribution in [0.15, 0.2) is 83.2 Å². The van der Waals surface area contributed by atoms with E-state index in [1.807, 2.05) is 30.5 Å². The molecule has 5 rings (SSSR count). The van der Waals surface area contributed by atoms with Gasteiger partial charge in [0.1, 0.15) is 10.6 Å². The van der Waals surface area contributed by atoms with Gasteiger partial charge in [0.05, 0.1) is 11.6 Å². The van der Waals surface area contributed by atoms with Crippen LogP contribution in [0.5, 0.6) is 0 Å². The van der Waals surface area contributed by atoms with Crippen LogP contribution in [0, 0.1) is 10.1 Å². The summed E-state index contributed by atoms with van der Waals surface area (Å²) in [7, 11) is -1.12. The Bertz CT molecular complexity index is 1970. The largest absolute Gasteiger partial charge is 0.433 e. The second-order valence-corrected chi connectivity index (χ2v) is 11.5. The zero-order valence-corrected chi connectivity index (χ0v) is 23.3. The van der Waals surface area contributed by atoms with Gasteiger partial charge in [-0.25, -0.2) is 3.97 Å². The van der Waals surface area contributed by atoms with Crippen molar-refractivity contribution in [2.24, 2.45) is 0 Å². The number of fused-ring (bicyclic) bond motifs is 2. The molecule has 3 heterocycles. The Kier molecular flexibility index (Phi) is 7.65. The summed E-state index contributed by atoms with van der Waals surface area (Å²) < 4.78 is 33.1. The number of nitro groups is 1. The maximum Gasteiger partial charge on any atom is 0.433 e. The van der Waals surface area contributed by atoms with Gasteiger partial charge in [0, 0.05) is 54.9 Å². The van der Waals surface area contributed by atoms with Crippen molar-refractivity contribution in [2.45, 2.75) is 6.42 Å². The molecule has 2 aromatic carbocycles. The summed E-state index contributed by atoms with van der Waals surface area (Å²) >= 11 is 0. The molecule has 0 aliphatic heterocycles. The molecule has 0 spiro atoms. The fourth-order valence-corrected chi connectivity index (χ4v) is 5.45. The molecule has 0 saturated carbocycles. The fraction of sp³-hybridized carbons (Fsp3) is 0.143. The number of hydrogen-bond donors (Lipinski definition) is 3. The average molecular weight is 591 g/mol. The Balaban J connectivity index is 1.48. The summed E-state index contributed by atoms with van der Waals surface area (Å²) in [6.07, 6.45) is 5.05. The van der Waals surface area contributed by atoms with E-state index in [0.29, 0.717) is 22.9 Å². The van der Waals surface area contributed by atoms with Gasteiger partial charge in [-0.15, -0.1) is 0 Å². The summed E-state index contributed by atoms with van der Waals surface area (Å²) in [5, 5.41) is 17.8. The predicted octanol–water partition coefficient (Wildman–Crippen LogP) is 3.41. The van der Waals surface area contributed by atoms with Crippen LogP contribution in [-0.2, 0) is 21.4 Å². The SMILES string of the molecule is CN(C)S(=O)(=O)n1cc(/C=C(\NC(=O)c2ccc([N+](=O)[O-])o2)C(=O)NCCc2c[nH]c3ccccc23)c2ccccc21. The molecule has 0 unspecified atom stereocenters. The van der Waals surface area contributed by atoms with Crippen LogP contribution in [0.3, 0.4) is 0 Å². The van der Waals surface area contributed by atoms with E-state index < -0.39 is 32.8 Å². The first-order valence-electron chi connectivity index (χ1n) is 12.7. The van der Waals surface area contributed by atoms with Crippen molar-refractivity contribution in [3.63, 3.8) is 0 Å². The van der Waals surface area contributed by atoms with Crippen LogP contribution in [0.4, 0.5) is 5.88 Å². The van der Waals surface area contributed by atoms with Gasteiger partial charge in [-0.3, -0.25) is 19.7 Å². The number of furan rings is 1. The number of H-pyrrole nitrogens is 1. The number of rotatable bonds is 10. The standard InChI is InChI=1S/C28H26N6O7S/c1-32(2)42(39,40)33-17-19(21-8-4-6-10-24(21)33)15-23(31-28(36)25-11-12-26(41-25)34(37)38)27(35)29-14-13-18-16-30-22-9-5-3-7-20(18)22/h3-12,15-17,30H,13-14H2,1-2H3,(H,29,35)(H,31,36)/b23-15-. The molecule has 0 atom stereocenters. The number of nitrogens with one attached hydrogen (secondary N) is 3. The molecule has 14 heteroatoms. The second kappa shape index (κ2) is 11.3. The number of nitrogens with zero attached hydrogens (tertiary/aromatic N) is 3. The lowest BCUT2D eigenvalue weighted by atomic mass is 10.1. The van der Waals surface area contributed by atoms with Crippen LogP contribution < -0.4 is 10.6 Å². The molecule has 0 radical (unpaired) electrons. The van der Waals surface area contributed by atoms with E-state index in [2.05, 4.69) is 15.6 Å². The molecule has 2 amide bonds. The highest BCUT2D eigenvalue weighted by molar-refractivity contribution is 7.87. The van der Waals surface area contributed by atoms with Gasteiger partial charge in [0.25, 0.3) is 11.8 Å². The van der Waals surface area contributed by atoms with Crippen molar-refractivity contribution >= 4 is 55.8 Å². The molecule has 0 aliphatic rings. The van der Waals surface area contributed by atoms with Crippen molar-refractivity contribution in [3.05, 3.63) is 106 Å². The van der Waals surface area contributed by atoms with Crippen molar-refractivity contribution in [1.82, 2.24) is 23.9 Å². The summed E-state index contributed by atoms with van der Waals surface area (Å²) in [5.41, 5.74) is 2.43. The number of carbonyl (C=O) groups excluding carboxylic acids is 2. The zero-order valence-electron chi connectivity index (χ0n) is 22.5. The van der Waals surface area contributed by atoms with E-state index >= 15 is 0 Å². The molecule has 0 fully saturated rings. The Labute approximate surface area is 239 Å². The minimum Gasteiger partial charge on any atom is -0.395 e.